The zero-order valence-corrected chi connectivity index (χ0v) is 12.0. The molecule has 0 atom stereocenters. The van der Waals surface area contributed by atoms with Crippen LogP contribution in [0, 0.1) is 0 Å². The van der Waals surface area contributed by atoms with E-state index in [4.69, 9.17) is 4.74 Å². The number of hydrogen-bond donors (Lipinski definition) is 2. The van der Waals surface area contributed by atoms with E-state index in [0.29, 0.717) is 11.3 Å². The minimum Gasteiger partial charge on any atom is -0.497 e. The molecule has 0 aliphatic carbocycles. The minimum atomic E-state index is -0.282. The van der Waals surface area contributed by atoms with Crippen molar-refractivity contribution in [3.63, 3.8) is 0 Å². The van der Waals surface area contributed by atoms with Gasteiger partial charge in [-0.1, -0.05) is 24.3 Å². The molecule has 3 aromatic rings. The van der Waals surface area contributed by atoms with Crippen molar-refractivity contribution >= 4 is 23.0 Å². The lowest BCUT2D eigenvalue weighted by Crippen LogP contribution is -2.17. The number of fused-ring (bicyclic) bond motifs is 1. The van der Waals surface area contributed by atoms with Crippen molar-refractivity contribution in [3.8, 4) is 5.75 Å². The molecule has 1 amide bonds. The third kappa shape index (κ3) is 2.83. The Morgan fingerprint density at radius 2 is 2.09 bits per heavy atom. The molecular weight excluding hydrogens is 278 g/mol. The first-order valence-electron chi connectivity index (χ1n) is 6.81. The Kier molecular flexibility index (Phi) is 3.87. The number of carbonyl (C=O) groups is 1. The van der Waals surface area contributed by atoms with E-state index < -0.39 is 0 Å². The Labute approximate surface area is 127 Å². The van der Waals surface area contributed by atoms with Crippen LogP contribution in [0.4, 0.5) is 0 Å². The van der Waals surface area contributed by atoms with Gasteiger partial charge in [0.2, 0.25) is 0 Å². The van der Waals surface area contributed by atoms with Crippen molar-refractivity contribution in [1.82, 2.24) is 10.4 Å². The number of H-pyrrole nitrogens is 1. The van der Waals surface area contributed by atoms with Crippen LogP contribution < -0.4 is 10.2 Å². The van der Waals surface area contributed by atoms with Gasteiger partial charge in [-0.2, -0.15) is 5.10 Å². The maximum Gasteiger partial charge on any atom is 0.271 e. The predicted octanol–water partition coefficient (Wildman–Crippen LogP) is 2.94. The van der Waals surface area contributed by atoms with Crippen molar-refractivity contribution in [3.05, 3.63) is 65.9 Å². The number of amides is 1. The lowest BCUT2D eigenvalue weighted by molar-refractivity contribution is 0.0955. The maximum absolute atomic E-state index is 12.0. The molecule has 22 heavy (non-hydrogen) atoms. The topological polar surface area (TPSA) is 66.5 Å². The van der Waals surface area contributed by atoms with E-state index in [9.17, 15) is 4.79 Å². The Morgan fingerprint density at radius 1 is 1.23 bits per heavy atom. The molecule has 1 aromatic heterocycles. The maximum atomic E-state index is 12.0. The summed E-state index contributed by atoms with van der Waals surface area (Å²) >= 11 is 0. The molecule has 5 heteroatoms. The number of benzene rings is 2. The number of aromatic amines is 1. The van der Waals surface area contributed by atoms with Gasteiger partial charge in [0.1, 0.15) is 5.75 Å². The number of para-hydroxylation sites is 1. The monoisotopic (exact) mass is 293 g/mol. The molecule has 0 aliphatic rings. The van der Waals surface area contributed by atoms with Gasteiger partial charge in [-0.15, -0.1) is 0 Å². The molecule has 1 heterocycles. The lowest BCUT2D eigenvalue weighted by atomic mass is 10.2. The number of nitrogens with one attached hydrogen (secondary N) is 2. The molecule has 0 bridgehead atoms. The smallest absolute Gasteiger partial charge is 0.271 e. The molecule has 0 saturated heterocycles. The number of hydrazone groups is 1. The average Bonchev–Trinajstić information content (AvgIpc) is 2.98. The third-order valence-electron chi connectivity index (χ3n) is 3.32. The first-order chi connectivity index (χ1) is 10.8. The molecule has 5 nitrogen and oxygen atoms in total. The Morgan fingerprint density at radius 3 is 2.95 bits per heavy atom. The molecule has 3 rings (SSSR count). The fourth-order valence-corrected chi connectivity index (χ4v) is 2.19. The van der Waals surface area contributed by atoms with Crippen molar-refractivity contribution in [1.29, 1.82) is 0 Å². The minimum absolute atomic E-state index is 0.282. The summed E-state index contributed by atoms with van der Waals surface area (Å²) in [6.45, 7) is 0. The summed E-state index contributed by atoms with van der Waals surface area (Å²) in [4.78, 5) is 15.2. The van der Waals surface area contributed by atoms with E-state index in [-0.39, 0.29) is 5.91 Å². The average molecular weight is 293 g/mol. The number of rotatable bonds is 4. The number of aromatic nitrogens is 1. The van der Waals surface area contributed by atoms with Crippen molar-refractivity contribution in [2.45, 2.75) is 0 Å². The molecule has 2 N–H and O–H groups in total. The first-order valence-corrected chi connectivity index (χ1v) is 6.81. The van der Waals surface area contributed by atoms with E-state index in [0.717, 1.165) is 16.5 Å². The predicted molar refractivity (Wildman–Crippen MR) is 86.4 cm³/mol. The van der Waals surface area contributed by atoms with Crippen molar-refractivity contribution in [2.75, 3.05) is 7.11 Å². The fourth-order valence-electron chi connectivity index (χ4n) is 2.19. The highest BCUT2D eigenvalue weighted by Gasteiger charge is 2.05. The van der Waals surface area contributed by atoms with Crippen LogP contribution in [0.25, 0.3) is 10.9 Å². The van der Waals surface area contributed by atoms with E-state index in [1.807, 2.05) is 30.5 Å². The lowest BCUT2D eigenvalue weighted by Gasteiger charge is -2.02. The summed E-state index contributed by atoms with van der Waals surface area (Å²) in [5, 5.41) is 5.07. The van der Waals surface area contributed by atoms with Crippen molar-refractivity contribution < 1.29 is 9.53 Å². The summed E-state index contributed by atoms with van der Waals surface area (Å²) in [6, 6.07) is 14.8. The molecular formula is C17H15N3O2. The second-order valence-corrected chi connectivity index (χ2v) is 4.72. The molecule has 0 saturated carbocycles. The zero-order valence-electron chi connectivity index (χ0n) is 12.0. The summed E-state index contributed by atoms with van der Waals surface area (Å²) < 4.78 is 5.09. The largest absolute Gasteiger partial charge is 0.497 e. The van der Waals surface area contributed by atoms with Crippen LogP contribution in [0.15, 0.2) is 59.8 Å². The highest BCUT2D eigenvalue weighted by molar-refractivity contribution is 6.00. The summed E-state index contributed by atoms with van der Waals surface area (Å²) in [5.74, 6) is 0.350. The molecule has 0 aliphatic heterocycles. The van der Waals surface area contributed by atoms with Crippen LogP contribution in [0.1, 0.15) is 15.9 Å². The van der Waals surface area contributed by atoms with Gasteiger partial charge in [-0.05, 0) is 24.3 Å². The number of methoxy groups -OCH3 is 1. The Bertz CT molecular complexity index is 837. The van der Waals surface area contributed by atoms with Gasteiger partial charge >= 0.3 is 0 Å². The normalized spacial score (nSPS) is 11.0. The summed E-state index contributed by atoms with van der Waals surface area (Å²) in [5.41, 5.74) is 4.96. The van der Waals surface area contributed by atoms with Crippen LogP contribution >= 0.6 is 0 Å². The van der Waals surface area contributed by atoms with Gasteiger partial charge < -0.3 is 9.72 Å². The van der Waals surface area contributed by atoms with Crippen LogP contribution in [0.3, 0.4) is 0 Å². The van der Waals surface area contributed by atoms with Crippen LogP contribution in [-0.2, 0) is 0 Å². The summed E-state index contributed by atoms with van der Waals surface area (Å²) in [7, 11) is 1.56. The second-order valence-electron chi connectivity index (χ2n) is 4.72. The van der Waals surface area contributed by atoms with E-state index >= 15 is 0 Å². The van der Waals surface area contributed by atoms with Gasteiger partial charge in [0.15, 0.2) is 0 Å². The zero-order chi connectivity index (χ0) is 15.4. The number of carbonyl (C=O) groups excluding carboxylic acids is 1. The van der Waals surface area contributed by atoms with Gasteiger partial charge in [0, 0.05) is 28.2 Å². The molecule has 0 fully saturated rings. The molecule has 110 valence electrons. The highest BCUT2D eigenvalue weighted by atomic mass is 16.5. The molecule has 0 spiro atoms. The SMILES string of the molecule is COc1cccc(C(=O)NN=Cc2c[nH]c3ccccc23)c1. The Balaban J connectivity index is 1.72. The molecule has 0 radical (unpaired) electrons. The fraction of sp³-hybridized carbons (Fsp3) is 0.0588. The number of ether oxygens (including phenoxy) is 1. The number of hydrogen-bond acceptors (Lipinski definition) is 3. The van der Waals surface area contributed by atoms with Gasteiger partial charge in [-0.25, -0.2) is 5.43 Å². The van der Waals surface area contributed by atoms with Crippen molar-refractivity contribution in [2.24, 2.45) is 5.10 Å². The first kappa shape index (κ1) is 13.9. The van der Waals surface area contributed by atoms with E-state index in [1.165, 1.54) is 0 Å². The van der Waals surface area contributed by atoms with Gasteiger partial charge in [0.25, 0.3) is 5.91 Å². The van der Waals surface area contributed by atoms with E-state index in [2.05, 4.69) is 15.5 Å². The van der Waals surface area contributed by atoms with Gasteiger partial charge in [0.05, 0.1) is 13.3 Å². The van der Waals surface area contributed by atoms with Crippen LogP contribution in [0.2, 0.25) is 0 Å². The quantitative estimate of drug-likeness (QED) is 0.573. The molecule has 2 aromatic carbocycles. The standard InChI is InChI=1S/C17H15N3O2/c1-22-14-6-4-5-12(9-14)17(21)20-19-11-13-10-18-16-8-3-2-7-15(13)16/h2-11,18H,1H3,(H,20,21). The highest BCUT2D eigenvalue weighted by Crippen LogP contribution is 2.15. The Hall–Kier alpha value is -3.08. The second kappa shape index (κ2) is 6.13. The molecule has 0 unspecified atom stereocenters. The van der Waals surface area contributed by atoms with E-state index in [1.54, 1.807) is 37.6 Å². The third-order valence-corrected chi connectivity index (χ3v) is 3.32. The number of nitrogens with zero attached hydrogens (tertiary/aromatic N) is 1. The van der Waals surface area contributed by atoms with Crippen LogP contribution in [0.5, 0.6) is 5.75 Å². The van der Waals surface area contributed by atoms with Gasteiger partial charge in [-0.3, -0.25) is 4.79 Å². The summed E-state index contributed by atoms with van der Waals surface area (Å²) in [6.07, 6.45) is 3.47. The van der Waals surface area contributed by atoms with Crippen LogP contribution in [-0.4, -0.2) is 24.2 Å².